The normalized spacial score (nSPS) is 12.5. The average molecular weight is 565 g/mol. The second kappa shape index (κ2) is 14.0. The summed E-state index contributed by atoms with van der Waals surface area (Å²) in [5.74, 6) is -3.29. The van der Waals surface area contributed by atoms with Gasteiger partial charge in [-0.25, -0.2) is 0 Å². The number of carbonyl (C=O) groups is 3. The van der Waals surface area contributed by atoms with Crippen LogP contribution >= 0.6 is 0 Å². The van der Waals surface area contributed by atoms with Crippen molar-refractivity contribution in [2.75, 3.05) is 14.2 Å². The summed E-state index contributed by atoms with van der Waals surface area (Å²) in [6, 6.07) is 9.72. The Morgan fingerprint density at radius 2 is 1.26 bits per heavy atom. The highest BCUT2D eigenvalue weighted by atomic mass is 19.4. The van der Waals surface area contributed by atoms with Crippen molar-refractivity contribution in [2.24, 2.45) is 0 Å². The molecule has 6 nitrogen and oxygen atoms in total. The molecule has 2 aromatic rings. The zero-order valence-corrected chi connectivity index (χ0v) is 22.0. The number of hydrogen-bond donors (Lipinski definition) is 0. The van der Waals surface area contributed by atoms with E-state index in [1.165, 1.54) is 36.4 Å². The van der Waals surface area contributed by atoms with E-state index < -0.39 is 52.9 Å². The third-order valence-corrected chi connectivity index (χ3v) is 5.07. The Balaban J connectivity index is 0.000000434. The molecule has 0 fully saturated rings. The van der Waals surface area contributed by atoms with Crippen molar-refractivity contribution in [1.29, 1.82) is 0 Å². The highest BCUT2D eigenvalue weighted by molar-refractivity contribution is 5.80. The molecule has 0 heterocycles. The molecule has 0 aliphatic carbocycles. The van der Waals surface area contributed by atoms with Crippen LogP contribution < -0.4 is 0 Å². The molecular weight excluding hydrogens is 534 g/mol. The lowest BCUT2D eigenvalue weighted by Gasteiger charge is -2.22. The molecule has 0 spiro atoms. The maximum Gasteiger partial charge on any atom is 0.416 e. The minimum Gasteiger partial charge on any atom is -0.469 e. The number of halogens is 6. The van der Waals surface area contributed by atoms with Gasteiger partial charge < -0.3 is 14.2 Å². The Labute approximate surface area is 222 Å². The van der Waals surface area contributed by atoms with Crippen molar-refractivity contribution < 1.29 is 54.9 Å². The Bertz CT molecular complexity index is 1120. The summed E-state index contributed by atoms with van der Waals surface area (Å²) in [7, 11) is 2.23. The van der Waals surface area contributed by atoms with E-state index in [4.69, 9.17) is 4.74 Å². The molecule has 0 amide bonds. The van der Waals surface area contributed by atoms with Crippen molar-refractivity contribution in [3.8, 4) is 0 Å². The Hall–Kier alpha value is -3.57. The first-order chi connectivity index (χ1) is 17.9. The predicted octanol–water partition coefficient (Wildman–Crippen LogP) is 6.50. The van der Waals surface area contributed by atoms with Crippen LogP contribution in [0.25, 0.3) is 0 Å². The van der Waals surface area contributed by atoms with Crippen LogP contribution in [0.1, 0.15) is 61.8 Å². The number of esters is 3. The monoisotopic (exact) mass is 564 g/mol. The summed E-state index contributed by atoms with van der Waals surface area (Å²) in [4.78, 5) is 34.6. The summed E-state index contributed by atoms with van der Waals surface area (Å²) >= 11 is 0. The first-order valence-corrected chi connectivity index (χ1v) is 11.6. The predicted molar refractivity (Wildman–Crippen MR) is 128 cm³/mol. The van der Waals surface area contributed by atoms with Gasteiger partial charge >= 0.3 is 30.3 Å². The fourth-order valence-corrected chi connectivity index (χ4v) is 3.44. The van der Waals surface area contributed by atoms with Gasteiger partial charge in [-0.3, -0.25) is 14.4 Å². The molecule has 2 rings (SSSR count). The Morgan fingerprint density at radius 1 is 0.744 bits per heavy atom. The molecule has 0 bridgehead atoms. The number of methoxy groups -OCH3 is 2. The Morgan fingerprint density at radius 3 is 1.74 bits per heavy atom. The van der Waals surface area contributed by atoms with Crippen molar-refractivity contribution in [3.05, 3.63) is 70.8 Å². The molecule has 2 aromatic carbocycles. The summed E-state index contributed by atoms with van der Waals surface area (Å²) in [5, 5.41) is 0. The molecule has 216 valence electrons. The lowest BCUT2D eigenvalue weighted by Crippen LogP contribution is -2.25. The maximum absolute atomic E-state index is 13.2. The van der Waals surface area contributed by atoms with Crippen LogP contribution in [0, 0.1) is 0 Å². The fraction of sp³-hybridized carbons (Fsp3) is 0.444. The molecule has 0 aromatic heterocycles. The Kier molecular flexibility index (Phi) is 12.0. The highest BCUT2D eigenvalue weighted by Gasteiger charge is 2.37. The van der Waals surface area contributed by atoms with Crippen LogP contribution in [-0.4, -0.2) is 37.7 Å². The molecule has 1 unspecified atom stereocenters. The molecule has 0 N–H and O–H groups in total. The lowest BCUT2D eigenvalue weighted by molar-refractivity contribution is -0.155. The topological polar surface area (TPSA) is 78.9 Å². The third-order valence-electron chi connectivity index (χ3n) is 5.07. The first kappa shape index (κ1) is 33.5. The van der Waals surface area contributed by atoms with E-state index in [2.05, 4.69) is 9.47 Å². The van der Waals surface area contributed by atoms with Gasteiger partial charge in [-0.05, 0) is 50.5 Å². The van der Waals surface area contributed by atoms with E-state index in [9.17, 15) is 40.7 Å². The van der Waals surface area contributed by atoms with Crippen LogP contribution in [-0.2, 0) is 47.4 Å². The van der Waals surface area contributed by atoms with Gasteiger partial charge in [-0.1, -0.05) is 36.4 Å². The van der Waals surface area contributed by atoms with E-state index in [1.54, 1.807) is 20.8 Å². The number of rotatable bonds is 7. The minimum atomic E-state index is -4.60. The average Bonchev–Trinajstić information content (AvgIpc) is 2.82. The van der Waals surface area contributed by atoms with Crippen LogP contribution in [0.5, 0.6) is 0 Å². The third kappa shape index (κ3) is 11.4. The molecule has 39 heavy (non-hydrogen) atoms. The van der Waals surface area contributed by atoms with Crippen molar-refractivity contribution in [2.45, 2.75) is 63.9 Å². The number of hydrogen-bond acceptors (Lipinski definition) is 6. The van der Waals surface area contributed by atoms with E-state index in [-0.39, 0.29) is 30.4 Å². The van der Waals surface area contributed by atoms with Crippen LogP contribution in [0.3, 0.4) is 0 Å². The SMILES string of the molecule is COC(=O)C(CCC(=O)OC(C)(C)C)c1ccccc1C(F)(F)F.COC(=O)Cc1ccccc1C(F)(F)F. The molecule has 0 saturated carbocycles. The lowest BCUT2D eigenvalue weighted by atomic mass is 9.90. The second-order valence-corrected chi connectivity index (χ2v) is 9.19. The van der Waals surface area contributed by atoms with Gasteiger partial charge in [0.2, 0.25) is 0 Å². The van der Waals surface area contributed by atoms with Gasteiger partial charge in [-0.15, -0.1) is 0 Å². The van der Waals surface area contributed by atoms with Gasteiger partial charge in [-0.2, -0.15) is 26.3 Å². The summed E-state index contributed by atoms with van der Waals surface area (Å²) in [6.07, 6.45) is -9.73. The smallest absolute Gasteiger partial charge is 0.416 e. The summed E-state index contributed by atoms with van der Waals surface area (Å²) in [6.45, 7) is 5.05. The van der Waals surface area contributed by atoms with Crippen molar-refractivity contribution >= 4 is 17.9 Å². The molecular formula is C27H30F6O6. The van der Waals surface area contributed by atoms with E-state index in [1.807, 2.05) is 0 Å². The van der Waals surface area contributed by atoms with Gasteiger partial charge in [0, 0.05) is 6.42 Å². The molecule has 1 atom stereocenters. The number of carbonyl (C=O) groups excluding carboxylic acids is 3. The molecule has 0 saturated heterocycles. The molecule has 0 radical (unpaired) electrons. The van der Waals surface area contributed by atoms with Gasteiger partial charge in [0.05, 0.1) is 37.7 Å². The van der Waals surface area contributed by atoms with Crippen molar-refractivity contribution in [1.82, 2.24) is 0 Å². The molecule has 0 aliphatic rings. The molecule has 12 heteroatoms. The van der Waals surface area contributed by atoms with Gasteiger partial charge in [0.15, 0.2) is 0 Å². The quantitative estimate of drug-likeness (QED) is 0.217. The zero-order valence-electron chi connectivity index (χ0n) is 22.0. The van der Waals surface area contributed by atoms with Gasteiger partial charge in [0.25, 0.3) is 0 Å². The fourth-order valence-electron chi connectivity index (χ4n) is 3.44. The number of ether oxygens (including phenoxy) is 3. The van der Waals surface area contributed by atoms with Crippen LogP contribution in [0.4, 0.5) is 26.3 Å². The number of alkyl halides is 6. The van der Waals surface area contributed by atoms with E-state index in [0.29, 0.717) is 0 Å². The van der Waals surface area contributed by atoms with E-state index in [0.717, 1.165) is 26.4 Å². The minimum absolute atomic E-state index is 0.0724. The summed E-state index contributed by atoms with van der Waals surface area (Å²) in [5.41, 5.74) is -2.70. The largest absolute Gasteiger partial charge is 0.469 e. The summed E-state index contributed by atoms with van der Waals surface area (Å²) < 4.78 is 90.9. The van der Waals surface area contributed by atoms with Gasteiger partial charge in [0.1, 0.15) is 5.60 Å². The maximum atomic E-state index is 13.2. The molecule has 0 aliphatic heterocycles. The number of benzene rings is 2. The standard InChI is InChI=1S/C17H21F3O4.C10H9F3O2/c1-16(2,3)24-14(21)10-9-12(15(22)23-4)11-7-5-6-8-13(11)17(18,19)20;1-15-9(14)6-7-4-2-3-5-8(7)10(11,12)13/h5-8,12H,9-10H2,1-4H3;2-5H,6H2,1H3. The zero-order chi connectivity index (χ0) is 30.0. The highest BCUT2D eigenvalue weighted by Crippen LogP contribution is 2.37. The second-order valence-electron chi connectivity index (χ2n) is 9.19. The van der Waals surface area contributed by atoms with Crippen LogP contribution in [0.15, 0.2) is 48.5 Å². The first-order valence-electron chi connectivity index (χ1n) is 11.6. The van der Waals surface area contributed by atoms with Crippen molar-refractivity contribution in [3.63, 3.8) is 0 Å². The van der Waals surface area contributed by atoms with Crippen LogP contribution in [0.2, 0.25) is 0 Å². The van der Waals surface area contributed by atoms with E-state index >= 15 is 0 Å².